The molecule has 6 nitrogen and oxygen atoms in total. The van der Waals surface area contributed by atoms with Gasteiger partial charge >= 0.3 is 5.97 Å². The second kappa shape index (κ2) is 9.28. The standard InChI is InChI=1S/C27H19NO5/c29-24(17-10-4-1-5-11-17)20-16-21(27(32)33)23(26(31)19-14-8-3-9-15-19)28-22(20)25(30)18-12-6-2-7-13-18/h1-15,28H,16H2,(H,32,33). The topological polar surface area (TPSA) is 101 Å². The minimum absolute atomic E-state index is 0.00272. The fraction of sp³-hybridized carbons (Fsp3) is 0.0370. The van der Waals surface area contributed by atoms with E-state index in [1.807, 2.05) is 0 Å². The van der Waals surface area contributed by atoms with Gasteiger partial charge in [-0.2, -0.15) is 0 Å². The first kappa shape index (κ1) is 21.6. The number of Topliss-reactive ketones (excluding diaryl/α,β-unsaturated/α-hetero) is 3. The van der Waals surface area contributed by atoms with E-state index >= 15 is 0 Å². The van der Waals surface area contributed by atoms with E-state index < -0.39 is 23.3 Å². The van der Waals surface area contributed by atoms with Crippen molar-refractivity contribution in [1.29, 1.82) is 0 Å². The number of aliphatic carboxylic acids is 1. The highest BCUT2D eigenvalue weighted by atomic mass is 16.4. The molecular formula is C27H19NO5. The molecule has 1 aliphatic rings. The molecule has 0 bridgehead atoms. The van der Waals surface area contributed by atoms with Gasteiger partial charge in [0.1, 0.15) is 0 Å². The van der Waals surface area contributed by atoms with Crippen molar-refractivity contribution in [2.45, 2.75) is 6.42 Å². The molecule has 0 aromatic heterocycles. The number of allylic oxidation sites excluding steroid dienone is 3. The number of carboxylic acids is 1. The Bertz CT molecular complexity index is 1310. The molecular weight excluding hydrogens is 418 g/mol. The highest BCUT2D eigenvalue weighted by Gasteiger charge is 2.34. The van der Waals surface area contributed by atoms with Crippen LogP contribution in [0.3, 0.4) is 0 Å². The van der Waals surface area contributed by atoms with E-state index in [1.165, 1.54) is 0 Å². The molecule has 3 aromatic rings. The lowest BCUT2D eigenvalue weighted by atomic mass is 9.87. The summed E-state index contributed by atoms with van der Waals surface area (Å²) < 4.78 is 0. The van der Waals surface area contributed by atoms with Crippen LogP contribution in [0.1, 0.15) is 37.5 Å². The predicted octanol–water partition coefficient (Wildman–Crippen LogP) is 4.22. The van der Waals surface area contributed by atoms with Crippen molar-refractivity contribution < 1.29 is 24.3 Å². The Balaban J connectivity index is 1.85. The van der Waals surface area contributed by atoms with Gasteiger partial charge in [-0.05, 0) is 0 Å². The Morgan fingerprint density at radius 2 is 0.909 bits per heavy atom. The minimum atomic E-state index is -1.34. The zero-order valence-electron chi connectivity index (χ0n) is 17.4. The summed E-state index contributed by atoms with van der Waals surface area (Å²) in [7, 11) is 0. The average Bonchev–Trinajstić information content (AvgIpc) is 2.88. The monoisotopic (exact) mass is 437 g/mol. The minimum Gasteiger partial charge on any atom is -0.478 e. The molecule has 0 fully saturated rings. The van der Waals surface area contributed by atoms with Gasteiger partial charge in [-0.15, -0.1) is 0 Å². The van der Waals surface area contributed by atoms with Crippen LogP contribution in [0.15, 0.2) is 114 Å². The summed E-state index contributed by atoms with van der Waals surface area (Å²) in [6.07, 6.45) is -0.363. The molecule has 0 saturated carbocycles. The zero-order chi connectivity index (χ0) is 23.4. The van der Waals surface area contributed by atoms with E-state index in [9.17, 15) is 24.3 Å². The molecule has 33 heavy (non-hydrogen) atoms. The van der Waals surface area contributed by atoms with Crippen molar-refractivity contribution in [3.63, 3.8) is 0 Å². The van der Waals surface area contributed by atoms with Gasteiger partial charge < -0.3 is 10.4 Å². The number of hydrogen-bond donors (Lipinski definition) is 2. The Kier molecular flexibility index (Phi) is 6.09. The molecule has 0 atom stereocenters. The molecule has 4 rings (SSSR count). The molecule has 2 N–H and O–H groups in total. The molecule has 162 valence electrons. The quantitative estimate of drug-likeness (QED) is 0.537. The van der Waals surface area contributed by atoms with Crippen molar-refractivity contribution in [3.05, 3.63) is 130 Å². The maximum absolute atomic E-state index is 13.4. The molecule has 0 saturated heterocycles. The summed E-state index contributed by atoms with van der Waals surface area (Å²) in [4.78, 5) is 51.9. The van der Waals surface area contributed by atoms with Crippen LogP contribution in [0, 0.1) is 0 Å². The fourth-order valence-electron chi connectivity index (χ4n) is 3.62. The Labute approximate surface area is 189 Å². The summed E-state index contributed by atoms with van der Waals surface area (Å²) in [5.74, 6) is -2.89. The van der Waals surface area contributed by atoms with Crippen LogP contribution < -0.4 is 5.32 Å². The summed E-state index contributed by atoms with van der Waals surface area (Å²) >= 11 is 0. The maximum Gasteiger partial charge on any atom is 0.334 e. The molecule has 0 amide bonds. The van der Waals surface area contributed by atoms with E-state index in [-0.39, 0.29) is 34.5 Å². The SMILES string of the molecule is O=C(O)C1=C(C(=O)c2ccccc2)NC(C(=O)c2ccccc2)=C(C(=O)c2ccccc2)C1. The highest BCUT2D eigenvalue weighted by Crippen LogP contribution is 2.29. The first-order valence-corrected chi connectivity index (χ1v) is 10.2. The van der Waals surface area contributed by atoms with Crippen LogP contribution in [0.2, 0.25) is 0 Å². The van der Waals surface area contributed by atoms with Gasteiger partial charge in [0.05, 0.1) is 17.0 Å². The van der Waals surface area contributed by atoms with Crippen LogP contribution in [-0.2, 0) is 4.79 Å². The van der Waals surface area contributed by atoms with Gasteiger partial charge in [0.25, 0.3) is 0 Å². The van der Waals surface area contributed by atoms with Crippen LogP contribution >= 0.6 is 0 Å². The van der Waals surface area contributed by atoms with E-state index in [0.29, 0.717) is 11.1 Å². The van der Waals surface area contributed by atoms with Crippen LogP contribution in [0.5, 0.6) is 0 Å². The molecule has 6 heteroatoms. The lowest BCUT2D eigenvalue weighted by Crippen LogP contribution is -2.34. The van der Waals surface area contributed by atoms with Crippen molar-refractivity contribution in [1.82, 2.24) is 5.32 Å². The van der Waals surface area contributed by atoms with Crippen molar-refractivity contribution in [2.24, 2.45) is 0 Å². The number of benzene rings is 3. The van der Waals surface area contributed by atoms with Gasteiger partial charge in [0.2, 0.25) is 11.6 Å². The largest absolute Gasteiger partial charge is 0.478 e. The molecule has 0 radical (unpaired) electrons. The van der Waals surface area contributed by atoms with Gasteiger partial charge in [-0.3, -0.25) is 14.4 Å². The summed E-state index contributed by atoms with van der Waals surface area (Å²) in [5, 5.41) is 12.6. The molecule has 1 heterocycles. The second-order valence-corrected chi connectivity index (χ2v) is 7.40. The first-order valence-electron chi connectivity index (χ1n) is 10.2. The van der Waals surface area contributed by atoms with Gasteiger partial charge in [-0.1, -0.05) is 91.0 Å². The lowest BCUT2D eigenvalue weighted by molar-refractivity contribution is -0.132. The number of hydrogen-bond acceptors (Lipinski definition) is 5. The van der Waals surface area contributed by atoms with Crippen molar-refractivity contribution >= 4 is 23.3 Å². The maximum atomic E-state index is 13.4. The fourth-order valence-corrected chi connectivity index (χ4v) is 3.62. The number of dihydropyridines is 1. The highest BCUT2D eigenvalue weighted by molar-refractivity contribution is 6.21. The second-order valence-electron chi connectivity index (χ2n) is 7.40. The molecule has 0 spiro atoms. The third-order valence-electron chi connectivity index (χ3n) is 5.30. The Hall–Kier alpha value is -4.58. The number of ketones is 3. The Morgan fingerprint density at radius 3 is 1.30 bits per heavy atom. The number of carbonyl (C=O) groups is 4. The molecule has 0 unspecified atom stereocenters. The van der Waals surface area contributed by atoms with E-state index in [0.717, 1.165) is 0 Å². The van der Waals surface area contributed by atoms with Gasteiger partial charge in [-0.25, -0.2) is 4.79 Å². The third kappa shape index (κ3) is 4.41. The average molecular weight is 437 g/mol. The summed E-state index contributed by atoms with van der Waals surface area (Å²) in [5.41, 5.74) is 0.295. The van der Waals surface area contributed by atoms with Crippen LogP contribution in [0.4, 0.5) is 0 Å². The van der Waals surface area contributed by atoms with Crippen LogP contribution in [0.25, 0.3) is 0 Å². The van der Waals surface area contributed by atoms with E-state index in [4.69, 9.17) is 0 Å². The van der Waals surface area contributed by atoms with Crippen molar-refractivity contribution in [3.8, 4) is 0 Å². The van der Waals surface area contributed by atoms with Gasteiger partial charge in [0, 0.05) is 28.7 Å². The number of carboxylic acid groups (broad SMARTS) is 1. The number of nitrogens with one attached hydrogen (secondary N) is 1. The summed E-state index contributed by atoms with van der Waals surface area (Å²) in [6.45, 7) is 0. The van der Waals surface area contributed by atoms with E-state index in [2.05, 4.69) is 5.32 Å². The van der Waals surface area contributed by atoms with Crippen molar-refractivity contribution in [2.75, 3.05) is 0 Å². The number of carbonyl (C=O) groups excluding carboxylic acids is 3. The van der Waals surface area contributed by atoms with Gasteiger partial charge in [0.15, 0.2) is 5.78 Å². The Morgan fingerprint density at radius 1 is 0.545 bits per heavy atom. The summed E-state index contributed by atoms with van der Waals surface area (Å²) in [6, 6.07) is 24.8. The lowest BCUT2D eigenvalue weighted by Gasteiger charge is -2.24. The molecule has 1 aliphatic heterocycles. The normalized spacial score (nSPS) is 13.3. The van der Waals surface area contributed by atoms with Crippen LogP contribution in [-0.4, -0.2) is 28.4 Å². The zero-order valence-corrected chi connectivity index (χ0v) is 17.4. The third-order valence-corrected chi connectivity index (χ3v) is 5.30. The smallest absolute Gasteiger partial charge is 0.334 e. The first-order chi connectivity index (χ1) is 16.0. The molecule has 3 aromatic carbocycles. The van der Waals surface area contributed by atoms with E-state index in [1.54, 1.807) is 91.0 Å². The predicted molar refractivity (Wildman–Crippen MR) is 122 cm³/mol. The molecule has 0 aliphatic carbocycles. The number of rotatable bonds is 7.